The highest BCUT2D eigenvalue weighted by molar-refractivity contribution is 8.00. The van der Waals surface area contributed by atoms with E-state index in [-0.39, 0.29) is 16.7 Å². The SMILES string of the molecule is COc1ccc2nc(NC(=O)C(C)Sc3ccc(NC(=O)c4ccccc4F)cc3)sc2c1. The molecule has 1 atom stereocenters. The van der Waals surface area contributed by atoms with Crippen LogP contribution in [0.3, 0.4) is 0 Å². The number of hydrogen-bond acceptors (Lipinski definition) is 6. The normalized spacial score (nSPS) is 11.7. The first kappa shape index (κ1) is 22.8. The van der Waals surface area contributed by atoms with E-state index in [0.29, 0.717) is 10.8 Å². The number of aromatic nitrogens is 1. The van der Waals surface area contributed by atoms with Crippen LogP contribution in [0.1, 0.15) is 17.3 Å². The van der Waals surface area contributed by atoms with Crippen LogP contribution in [-0.4, -0.2) is 29.2 Å². The third kappa shape index (κ3) is 5.50. The molecule has 0 spiro atoms. The predicted molar refractivity (Wildman–Crippen MR) is 131 cm³/mol. The number of ether oxygens (including phenoxy) is 1. The molecule has 1 aromatic heterocycles. The van der Waals surface area contributed by atoms with Gasteiger partial charge in [0.2, 0.25) is 5.91 Å². The fraction of sp³-hybridized carbons (Fsp3) is 0.125. The Bertz CT molecular complexity index is 1310. The number of nitrogens with one attached hydrogen (secondary N) is 2. The van der Waals surface area contributed by atoms with Gasteiger partial charge in [-0.1, -0.05) is 23.5 Å². The largest absolute Gasteiger partial charge is 0.497 e. The van der Waals surface area contributed by atoms with Crippen molar-refractivity contribution in [1.82, 2.24) is 4.98 Å². The van der Waals surface area contributed by atoms with Crippen LogP contribution in [0.25, 0.3) is 10.2 Å². The van der Waals surface area contributed by atoms with Crippen molar-refractivity contribution in [3.05, 3.63) is 78.1 Å². The van der Waals surface area contributed by atoms with Crippen molar-refractivity contribution < 1.29 is 18.7 Å². The van der Waals surface area contributed by atoms with Crippen LogP contribution in [0.15, 0.2) is 71.6 Å². The molecule has 2 N–H and O–H groups in total. The van der Waals surface area contributed by atoms with Crippen molar-refractivity contribution >= 4 is 55.9 Å². The average Bonchev–Trinajstić information content (AvgIpc) is 3.21. The summed E-state index contributed by atoms with van der Waals surface area (Å²) < 4.78 is 19.9. The summed E-state index contributed by atoms with van der Waals surface area (Å²) in [4.78, 5) is 30.2. The molecule has 9 heteroatoms. The van der Waals surface area contributed by atoms with Gasteiger partial charge < -0.3 is 15.4 Å². The van der Waals surface area contributed by atoms with E-state index in [1.165, 1.54) is 41.3 Å². The molecule has 0 saturated heterocycles. The van der Waals surface area contributed by atoms with Gasteiger partial charge in [-0.25, -0.2) is 9.37 Å². The Labute approximate surface area is 198 Å². The third-order valence-corrected chi connectivity index (χ3v) is 6.78. The zero-order valence-electron chi connectivity index (χ0n) is 17.8. The van der Waals surface area contributed by atoms with Gasteiger partial charge in [0, 0.05) is 10.6 Å². The molecule has 33 heavy (non-hydrogen) atoms. The van der Waals surface area contributed by atoms with E-state index in [9.17, 15) is 14.0 Å². The smallest absolute Gasteiger partial charge is 0.258 e. The molecular weight excluding hydrogens is 461 g/mol. The summed E-state index contributed by atoms with van der Waals surface area (Å²) in [5.41, 5.74) is 1.31. The summed E-state index contributed by atoms with van der Waals surface area (Å²) in [7, 11) is 1.60. The molecule has 168 valence electrons. The molecular formula is C24H20FN3O3S2. The minimum atomic E-state index is -0.575. The van der Waals surface area contributed by atoms with Crippen LogP contribution in [0.2, 0.25) is 0 Å². The number of hydrogen-bond donors (Lipinski definition) is 2. The molecule has 1 unspecified atom stereocenters. The number of benzene rings is 3. The van der Waals surface area contributed by atoms with Crippen molar-refractivity contribution in [2.45, 2.75) is 17.1 Å². The number of carbonyl (C=O) groups excluding carboxylic acids is 2. The van der Waals surface area contributed by atoms with Crippen molar-refractivity contribution in [2.24, 2.45) is 0 Å². The highest BCUT2D eigenvalue weighted by atomic mass is 32.2. The summed E-state index contributed by atoms with van der Waals surface area (Å²) in [5, 5.41) is 5.70. The van der Waals surface area contributed by atoms with Gasteiger partial charge in [-0.3, -0.25) is 9.59 Å². The molecule has 4 aromatic rings. The van der Waals surface area contributed by atoms with Crippen LogP contribution < -0.4 is 15.4 Å². The zero-order chi connectivity index (χ0) is 23.4. The maximum Gasteiger partial charge on any atom is 0.258 e. The number of halogens is 1. The molecule has 4 rings (SSSR count). The molecule has 0 fully saturated rings. The fourth-order valence-corrected chi connectivity index (χ4v) is 4.78. The number of nitrogens with zero attached hydrogens (tertiary/aromatic N) is 1. The van der Waals surface area contributed by atoms with Crippen LogP contribution >= 0.6 is 23.1 Å². The molecule has 1 heterocycles. The Morgan fingerprint density at radius 1 is 1.06 bits per heavy atom. The first-order chi connectivity index (χ1) is 15.9. The Morgan fingerprint density at radius 2 is 1.82 bits per heavy atom. The highest BCUT2D eigenvalue weighted by Gasteiger charge is 2.17. The summed E-state index contributed by atoms with van der Waals surface area (Å²) in [6.07, 6.45) is 0. The first-order valence-electron chi connectivity index (χ1n) is 10.0. The Morgan fingerprint density at radius 3 is 2.55 bits per heavy atom. The number of carbonyl (C=O) groups is 2. The van der Waals surface area contributed by atoms with E-state index >= 15 is 0 Å². The van der Waals surface area contributed by atoms with Crippen molar-refractivity contribution in [3.63, 3.8) is 0 Å². The maximum atomic E-state index is 13.8. The minimum absolute atomic E-state index is 0.0189. The topological polar surface area (TPSA) is 80.3 Å². The van der Waals surface area contributed by atoms with Crippen molar-refractivity contribution in [2.75, 3.05) is 17.7 Å². The second kappa shape index (κ2) is 10.0. The number of thiazole rings is 1. The number of fused-ring (bicyclic) bond motifs is 1. The monoisotopic (exact) mass is 481 g/mol. The van der Waals surface area contributed by atoms with E-state index < -0.39 is 11.7 Å². The van der Waals surface area contributed by atoms with Crippen LogP contribution in [-0.2, 0) is 4.79 Å². The number of anilines is 2. The number of methoxy groups -OCH3 is 1. The van der Waals surface area contributed by atoms with Gasteiger partial charge in [-0.2, -0.15) is 0 Å². The van der Waals surface area contributed by atoms with Crippen molar-refractivity contribution in [1.29, 1.82) is 0 Å². The summed E-state index contributed by atoms with van der Waals surface area (Å²) in [5.74, 6) is -0.520. The standard InChI is InChI=1S/C24H20FN3O3S2/c1-14(22(29)28-24-27-20-12-9-16(31-2)13-21(20)33-24)32-17-10-7-15(8-11-17)26-23(30)18-5-3-4-6-19(18)25/h3-14H,1-2H3,(H,26,30)(H,27,28,29). The fourth-order valence-electron chi connectivity index (χ4n) is 3.01. The molecule has 0 aliphatic rings. The van der Waals surface area contributed by atoms with E-state index in [1.54, 1.807) is 37.4 Å². The van der Waals surface area contributed by atoms with Crippen LogP contribution in [0.4, 0.5) is 15.2 Å². The molecule has 6 nitrogen and oxygen atoms in total. The Kier molecular flexibility index (Phi) is 6.90. The number of amides is 2. The van der Waals surface area contributed by atoms with Crippen LogP contribution in [0.5, 0.6) is 5.75 Å². The molecule has 0 aliphatic heterocycles. The predicted octanol–water partition coefficient (Wildman–Crippen LogP) is 5.82. The second-order valence-electron chi connectivity index (χ2n) is 7.06. The molecule has 2 amide bonds. The first-order valence-corrected chi connectivity index (χ1v) is 11.7. The van der Waals surface area contributed by atoms with E-state index in [4.69, 9.17) is 4.74 Å². The molecule has 3 aromatic carbocycles. The van der Waals surface area contributed by atoms with Gasteiger partial charge in [0.05, 0.1) is 28.1 Å². The number of rotatable bonds is 7. The lowest BCUT2D eigenvalue weighted by Crippen LogP contribution is -2.22. The number of thioether (sulfide) groups is 1. The van der Waals surface area contributed by atoms with Gasteiger partial charge >= 0.3 is 0 Å². The molecule has 0 bridgehead atoms. The Hall–Kier alpha value is -3.43. The van der Waals surface area contributed by atoms with Crippen molar-refractivity contribution in [3.8, 4) is 5.75 Å². The van der Waals surface area contributed by atoms with Gasteiger partial charge in [-0.15, -0.1) is 11.8 Å². The lowest BCUT2D eigenvalue weighted by Gasteiger charge is -2.11. The lowest BCUT2D eigenvalue weighted by molar-refractivity contribution is -0.115. The lowest BCUT2D eigenvalue weighted by atomic mass is 10.2. The average molecular weight is 482 g/mol. The maximum absolute atomic E-state index is 13.8. The summed E-state index contributed by atoms with van der Waals surface area (Å²) in [6, 6.07) is 18.4. The van der Waals surface area contributed by atoms with Crippen LogP contribution in [0, 0.1) is 5.82 Å². The molecule has 0 aliphatic carbocycles. The van der Waals surface area contributed by atoms with Gasteiger partial charge in [0.15, 0.2) is 5.13 Å². The summed E-state index contributed by atoms with van der Waals surface area (Å²) >= 11 is 2.77. The zero-order valence-corrected chi connectivity index (χ0v) is 19.4. The molecule has 0 radical (unpaired) electrons. The van der Waals surface area contributed by atoms with Gasteiger partial charge in [0.1, 0.15) is 11.6 Å². The second-order valence-corrected chi connectivity index (χ2v) is 9.51. The minimum Gasteiger partial charge on any atom is -0.497 e. The van der Waals surface area contributed by atoms with E-state index in [1.807, 2.05) is 25.1 Å². The van der Waals surface area contributed by atoms with E-state index in [2.05, 4.69) is 15.6 Å². The molecule has 0 saturated carbocycles. The Balaban J connectivity index is 1.35. The third-order valence-electron chi connectivity index (χ3n) is 4.74. The van der Waals surface area contributed by atoms with E-state index in [0.717, 1.165) is 20.9 Å². The van der Waals surface area contributed by atoms with Gasteiger partial charge in [-0.05, 0) is 61.5 Å². The highest BCUT2D eigenvalue weighted by Crippen LogP contribution is 2.30. The quantitative estimate of drug-likeness (QED) is 0.325. The summed E-state index contributed by atoms with van der Waals surface area (Å²) in [6.45, 7) is 1.81. The van der Waals surface area contributed by atoms with Gasteiger partial charge in [0.25, 0.3) is 5.91 Å².